The lowest BCUT2D eigenvalue weighted by atomic mass is 10.1. The normalized spacial score (nSPS) is 22.8. The molecule has 2 rings (SSSR count). The van der Waals surface area contributed by atoms with Crippen LogP contribution in [0.5, 0.6) is 0 Å². The van der Waals surface area contributed by atoms with Crippen molar-refractivity contribution in [2.24, 2.45) is 0 Å². The van der Waals surface area contributed by atoms with E-state index in [1.165, 1.54) is 12.1 Å². The van der Waals surface area contributed by atoms with Crippen LogP contribution in [0.3, 0.4) is 0 Å². The highest BCUT2D eigenvalue weighted by atomic mass is 35.5. The molecular formula is C13H17ClF2N2O. The van der Waals surface area contributed by atoms with Crippen molar-refractivity contribution in [3.63, 3.8) is 0 Å². The van der Waals surface area contributed by atoms with Gasteiger partial charge >= 0.3 is 0 Å². The Balaban J connectivity index is 0.00000180. The molecule has 6 heteroatoms. The van der Waals surface area contributed by atoms with Crippen molar-refractivity contribution in [3.8, 4) is 0 Å². The van der Waals surface area contributed by atoms with Crippen molar-refractivity contribution in [1.29, 1.82) is 0 Å². The van der Waals surface area contributed by atoms with Crippen LogP contribution in [0.2, 0.25) is 0 Å². The van der Waals surface area contributed by atoms with Gasteiger partial charge in [0.05, 0.1) is 5.56 Å². The van der Waals surface area contributed by atoms with Gasteiger partial charge < -0.3 is 10.2 Å². The zero-order chi connectivity index (χ0) is 13.3. The predicted molar refractivity (Wildman–Crippen MR) is 71.6 cm³/mol. The maximum absolute atomic E-state index is 13.6. The van der Waals surface area contributed by atoms with E-state index in [9.17, 15) is 13.6 Å². The summed E-state index contributed by atoms with van der Waals surface area (Å²) in [6.45, 7) is 4.99. The lowest BCUT2D eigenvalue weighted by molar-refractivity contribution is 0.0610. The fraction of sp³-hybridized carbons (Fsp3) is 0.462. The van der Waals surface area contributed by atoms with E-state index in [-0.39, 0.29) is 30.1 Å². The van der Waals surface area contributed by atoms with Crippen LogP contribution in [0.25, 0.3) is 0 Å². The third kappa shape index (κ3) is 3.22. The summed E-state index contributed by atoms with van der Waals surface area (Å²) in [6.07, 6.45) is 0. The first kappa shape index (κ1) is 15.9. The van der Waals surface area contributed by atoms with Gasteiger partial charge in [-0.1, -0.05) is 6.07 Å². The van der Waals surface area contributed by atoms with E-state index in [0.29, 0.717) is 13.1 Å². The maximum atomic E-state index is 13.6. The molecule has 19 heavy (non-hydrogen) atoms. The standard InChI is InChI=1S/C13H16F2N2O.ClH/c1-8-7-17(9(2)6-16-8)13(18)10-4-3-5-11(14)12(10)15;/h3-5,8-9,16H,6-7H2,1-2H3;1H. The van der Waals surface area contributed by atoms with Crippen LogP contribution in [0.1, 0.15) is 24.2 Å². The van der Waals surface area contributed by atoms with Crippen LogP contribution < -0.4 is 5.32 Å². The Morgan fingerprint density at radius 2 is 2.05 bits per heavy atom. The van der Waals surface area contributed by atoms with Gasteiger partial charge in [-0.25, -0.2) is 8.78 Å². The number of rotatable bonds is 1. The SMILES string of the molecule is CC1CN(C(=O)c2cccc(F)c2F)C(C)CN1.Cl. The predicted octanol–water partition coefficient (Wildman–Crippen LogP) is 2.21. The number of halogens is 3. The topological polar surface area (TPSA) is 32.3 Å². The second-order valence-corrected chi connectivity index (χ2v) is 4.72. The third-order valence-corrected chi connectivity index (χ3v) is 3.21. The monoisotopic (exact) mass is 290 g/mol. The van der Waals surface area contributed by atoms with Gasteiger partial charge in [-0.05, 0) is 26.0 Å². The molecule has 0 radical (unpaired) electrons. The maximum Gasteiger partial charge on any atom is 0.257 e. The van der Waals surface area contributed by atoms with E-state index in [2.05, 4.69) is 5.32 Å². The Hall–Kier alpha value is -1.20. The van der Waals surface area contributed by atoms with Crippen LogP contribution in [-0.4, -0.2) is 36.0 Å². The van der Waals surface area contributed by atoms with Crippen molar-refractivity contribution in [2.75, 3.05) is 13.1 Å². The molecule has 3 nitrogen and oxygen atoms in total. The first-order valence-corrected chi connectivity index (χ1v) is 5.99. The van der Waals surface area contributed by atoms with Crippen LogP contribution in [0.15, 0.2) is 18.2 Å². The molecular weight excluding hydrogens is 274 g/mol. The summed E-state index contributed by atoms with van der Waals surface area (Å²) < 4.78 is 26.7. The van der Waals surface area contributed by atoms with Gasteiger partial charge in [0.2, 0.25) is 0 Å². The number of hydrogen-bond donors (Lipinski definition) is 1. The van der Waals surface area contributed by atoms with Gasteiger partial charge in [0.15, 0.2) is 11.6 Å². The Kier molecular flexibility index (Phi) is 5.26. The van der Waals surface area contributed by atoms with Crippen LogP contribution in [0, 0.1) is 11.6 Å². The van der Waals surface area contributed by atoms with E-state index in [1.54, 1.807) is 4.90 Å². The zero-order valence-electron chi connectivity index (χ0n) is 10.8. The highest BCUT2D eigenvalue weighted by molar-refractivity contribution is 5.94. The Morgan fingerprint density at radius 3 is 2.74 bits per heavy atom. The number of benzene rings is 1. The van der Waals surface area contributed by atoms with Crippen molar-refractivity contribution >= 4 is 18.3 Å². The highest BCUT2D eigenvalue weighted by Gasteiger charge is 2.29. The summed E-state index contributed by atoms with van der Waals surface area (Å²) in [5, 5.41) is 3.23. The molecule has 1 aliphatic heterocycles. The fourth-order valence-corrected chi connectivity index (χ4v) is 2.13. The minimum absolute atomic E-state index is 0. The summed E-state index contributed by atoms with van der Waals surface area (Å²) in [5.41, 5.74) is -0.198. The van der Waals surface area contributed by atoms with E-state index in [4.69, 9.17) is 0 Å². The number of amides is 1. The number of hydrogen-bond acceptors (Lipinski definition) is 2. The molecule has 0 aromatic heterocycles. The average molecular weight is 291 g/mol. The Bertz CT molecular complexity index is 470. The highest BCUT2D eigenvalue weighted by Crippen LogP contribution is 2.17. The first-order valence-electron chi connectivity index (χ1n) is 5.99. The van der Waals surface area contributed by atoms with E-state index in [0.717, 1.165) is 6.07 Å². The molecule has 1 aliphatic rings. The molecule has 0 aliphatic carbocycles. The smallest absolute Gasteiger partial charge is 0.257 e. The number of piperazine rings is 1. The molecule has 0 bridgehead atoms. The summed E-state index contributed by atoms with van der Waals surface area (Å²) in [7, 11) is 0. The molecule has 1 aromatic carbocycles. The van der Waals surface area contributed by atoms with Crippen LogP contribution >= 0.6 is 12.4 Å². The van der Waals surface area contributed by atoms with Gasteiger partial charge in [0.1, 0.15) is 0 Å². The molecule has 2 unspecified atom stereocenters. The summed E-state index contributed by atoms with van der Waals surface area (Å²) in [4.78, 5) is 13.8. The molecule has 106 valence electrons. The third-order valence-electron chi connectivity index (χ3n) is 3.21. The first-order chi connectivity index (χ1) is 8.50. The zero-order valence-corrected chi connectivity index (χ0v) is 11.6. The molecule has 0 saturated carbocycles. The number of carbonyl (C=O) groups is 1. The lowest BCUT2D eigenvalue weighted by Crippen LogP contribution is -2.56. The molecule has 2 atom stereocenters. The second-order valence-electron chi connectivity index (χ2n) is 4.72. The largest absolute Gasteiger partial charge is 0.333 e. The summed E-state index contributed by atoms with van der Waals surface area (Å²) >= 11 is 0. The Morgan fingerprint density at radius 1 is 1.37 bits per heavy atom. The fourth-order valence-electron chi connectivity index (χ4n) is 2.13. The molecule has 1 N–H and O–H groups in total. The molecule has 1 saturated heterocycles. The molecule has 1 heterocycles. The van der Waals surface area contributed by atoms with Gasteiger partial charge in [-0.3, -0.25) is 4.79 Å². The molecule has 1 aromatic rings. The minimum atomic E-state index is -1.07. The van der Waals surface area contributed by atoms with Gasteiger partial charge in [-0.15, -0.1) is 12.4 Å². The Labute approximate surface area is 117 Å². The van der Waals surface area contributed by atoms with Crippen molar-refractivity contribution in [1.82, 2.24) is 10.2 Å². The lowest BCUT2D eigenvalue weighted by Gasteiger charge is -2.37. The van der Waals surface area contributed by atoms with Crippen LogP contribution in [-0.2, 0) is 0 Å². The van der Waals surface area contributed by atoms with E-state index >= 15 is 0 Å². The van der Waals surface area contributed by atoms with Gasteiger partial charge in [-0.2, -0.15) is 0 Å². The van der Waals surface area contributed by atoms with Gasteiger partial charge in [0.25, 0.3) is 5.91 Å². The second kappa shape index (κ2) is 6.30. The quantitative estimate of drug-likeness (QED) is 0.860. The van der Waals surface area contributed by atoms with Crippen molar-refractivity contribution < 1.29 is 13.6 Å². The number of carbonyl (C=O) groups excluding carboxylic acids is 1. The number of nitrogens with one attached hydrogen (secondary N) is 1. The summed E-state index contributed by atoms with van der Waals surface area (Å²) in [5.74, 6) is -2.51. The molecule has 1 fully saturated rings. The molecule has 0 spiro atoms. The molecule has 1 amide bonds. The van der Waals surface area contributed by atoms with Gasteiger partial charge in [0, 0.05) is 25.2 Å². The average Bonchev–Trinajstić information content (AvgIpc) is 2.35. The van der Waals surface area contributed by atoms with Crippen LogP contribution in [0.4, 0.5) is 8.78 Å². The number of nitrogens with zero attached hydrogens (tertiary/aromatic N) is 1. The van der Waals surface area contributed by atoms with Crippen molar-refractivity contribution in [2.45, 2.75) is 25.9 Å². The minimum Gasteiger partial charge on any atom is -0.333 e. The summed E-state index contributed by atoms with van der Waals surface area (Å²) in [6, 6.07) is 3.80. The van der Waals surface area contributed by atoms with E-state index < -0.39 is 17.5 Å². The van der Waals surface area contributed by atoms with Crippen molar-refractivity contribution in [3.05, 3.63) is 35.4 Å². The van der Waals surface area contributed by atoms with E-state index in [1.807, 2.05) is 13.8 Å².